The lowest BCUT2D eigenvalue weighted by Crippen LogP contribution is -2.24. The van der Waals surface area contributed by atoms with Crippen LogP contribution in [0.4, 0.5) is 16.2 Å². The first kappa shape index (κ1) is 14.2. The van der Waals surface area contributed by atoms with Crippen molar-refractivity contribution >= 4 is 35.0 Å². The van der Waals surface area contributed by atoms with Crippen molar-refractivity contribution in [2.24, 2.45) is 5.41 Å². The van der Waals surface area contributed by atoms with E-state index in [2.05, 4.69) is 5.32 Å². The minimum Gasteiger partial charge on any atom is -0.444 e. The van der Waals surface area contributed by atoms with Gasteiger partial charge in [0.25, 0.3) is 0 Å². The van der Waals surface area contributed by atoms with Crippen LogP contribution in [0.15, 0.2) is 18.2 Å². The lowest BCUT2D eigenvalue weighted by atomic mass is 10.1. The number of cyclic esters (lactones) is 1. The molecule has 1 atom stereocenters. The summed E-state index contributed by atoms with van der Waals surface area (Å²) < 4.78 is 5.09. The van der Waals surface area contributed by atoms with Crippen LogP contribution in [0, 0.1) is 5.41 Å². The summed E-state index contributed by atoms with van der Waals surface area (Å²) in [5.41, 5.74) is 1.00. The third-order valence-corrected chi connectivity index (χ3v) is 4.31. The summed E-state index contributed by atoms with van der Waals surface area (Å²) in [5.74, 6) is 0.0144. The minimum absolute atomic E-state index is 0.0144. The van der Waals surface area contributed by atoms with Gasteiger partial charge in [-0.25, -0.2) is 4.79 Å². The van der Waals surface area contributed by atoms with Gasteiger partial charge >= 0.3 is 6.09 Å². The molecule has 0 bridgehead atoms. The van der Waals surface area contributed by atoms with Crippen LogP contribution >= 0.6 is 11.6 Å². The molecule has 112 valence electrons. The largest absolute Gasteiger partial charge is 0.444 e. The number of amides is 2. The van der Waals surface area contributed by atoms with E-state index in [1.807, 2.05) is 13.8 Å². The van der Waals surface area contributed by atoms with Gasteiger partial charge in [-0.1, -0.05) is 18.5 Å². The van der Waals surface area contributed by atoms with Crippen LogP contribution < -0.4 is 10.2 Å². The van der Waals surface area contributed by atoms with Crippen molar-refractivity contribution in [3.63, 3.8) is 0 Å². The van der Waals surface area contributed by atoms with Crippen molar-refractivity contribution in [1.82, 2.24) is 0 Å². The highest BCUT2D eigenvalue weighted by molar-refractivity contribution is 6.34. The average molecular weight is 309 g/mol. The zero-order valence-electron chi connectivity index (χ0n) is 12.0. The predicted molar refractivity (Wildman–Crippen MR) is 80.7 cm³/mol. The Hall–Kier alpha value is -1.75. The highest BCUT2D eigenvalue weighted by atomic mass is 35.5. The number of nitrogens with one attached hydrogen (secondary N) is 1. The van der Waals surface area contributed by atoms with Crippen molar-refractivity contribution in [3.8, 4) is 0 Å². The normalized spacial score (nSPS) is 22.9. The van der Waals surface area contributed by atoms with Gasteiger partial charge in [-0.15, -0.1) is 0 Å². The highest BCUT2D eigenvalue weighted by Gasteiger charge is 2.44. The molecule has 1 aromatic rings. The fourth-order valence-corrected chi connectivity index (χ4v) is 2.58. The van der Waals surface area contributed by atoms with Crippen LogP contribution in [0.3, 0.4) is 0 Å². The second-order valence-corrected chi connectivity index (χ2v) is 6.39. The quantitative estimate of drug-likeness (QED) is 0.930. The van der Waals surface area contributed by atoms with Gasteiger partial charge in [-0.05, 0) is 38.0 Å². The standard InChI is InChI=1S/C15H17ClN2O3/c1-9-8-18(14(20)21-9)12-4-3-10(7-11(12)16)17-13(19)15(2)5-6-15/h3-4,7,9H,5-6,8H2,1-2H3,(H,17,19). The molecule has 2 aliphatic rings. The Kier molecular flexibility index (Phi) is 3.32. The summed E-state index contributed by atoms with van der Waals surface area (Å²) in [5, 5.41) is 3.28. The molecule has 1 unspecified atom stereocenters. The van der Waals surface area contributed by atoms with E-state index in [1.54, 1.807) is 18.2 Å². The van der Waals surface area contributed by atoms with Crippen LogP contribution in [0.2, 0.25) is 5.02 Å². The zero-order chi connectivity index (χ0) is 15.2. The molecule has 2 amide bonds. The molecule has 0 spiro atoms. The number of carbonyl (C=O) groups is 2. The van der Waals surface area contributed by atoms with E-state index in [0.717, 1.165) is 12.8 Å². The molecule has 1 aromatic carbocycles. The number of rotatable bonds is 3. The van der Waals surface area contributed by atoms with Crippen LogP contribution in [0.5, 0.6) is 0 Å². The summed E-state index contributed by atoms with van der Waals surface area (Å²) >= 11 is 6.24. The van der Waals surface area contributed by atoms with Crippen molar-refractivity contribution in [1.29, 1.82) is 0 Å². The molecule has 5 nitrogen and oxygen atoms in total. The van der Waals surface area contributed by atoms with E-state index >= 15 is 0 Å². The maximum atomic E-state index is 12.0. The van der Waals surface area contributed by atoms with Crippen LogP contribution in [0.25, 0.3) is 0 Å². The third kappa shape index (κ3) is 2.70. The number of ether oxygens (including phenoxy) is 1. The lowest BCUT2D eigenvalue weighted by Gasteiger charge is -2.16. The first-order chi connectivity index (χ1) is 9.89. The van der Waals surface area contributed by atoms with Gasteiger partial charge in [-0.2, -0.15) is 0 Å². The molecule has 0 radical (unpaired) electrons. The number of carbonyl (C=O) groups excluding carboxylic acids is 2. The Balaban J connectivity index is 1.77. The fraction of sp³-hybridized carbons (Fsp3) is 0.467. The van der Waals surface area contributed by atoms with E-state index < -0.39 is 6.09 Å². The molecular weight excluding hydrogens is 292 g/mol. The lowest BCUT2D eigenvalue weighted by molar-refractivity contribution is -0.120. The van der Waals surface area contributed by atoms with E-state index in [4.69, 9.17) is 16.3 Å². The molecular formula is C15H17ClN2O3. The van der Waals surface area contributed by atoms with Crippen molar-refractivity contribution in [2.75, 3.05) is 16.8 Å². The van der Waals surface area contributed by atoms with E-state index in [1.165, 1.54) is 4.90 Å². The number of benzene rings is 1. The Morgan fingerprint density at radius 3 is 2.71 bits per heavy atom. The molecule has 1 saturated heterocycles. The topological polar surface area (TPSA) is 58.6 Å². The second-order valence-electron chi connectivity index (χ2n) is 5.99. The number of anilines is 2. The Morgan fingerprint density at radius 1 is 1.48 bits per heavy atom. The smallest absolute Gasteiger partial charge is 0.414 e. The second kappa shape index (κ2) is 4.91. The Bertz CT molecular complexity index is 613. The van der Waals surface area contributed by atoms with Crippen molar-refractivity contribution in [2.45, 2.75) is 32.8 Å². The number of hydrogen-bond acceptors (Lipinski definition) is 3. The fourth-order valence-electron chi connectivity index (χ4n) is 2.30. The molecule has 3 rings (SSSR count). The van der Waals surface area contributed by atoms with Gasteiger partial charge in [-0.3, -0.25) is 9.69 Å². The molecule has 2 fully saturated rings. The molecule has 0 aromatic heterocycles. The number of halogens is 1. The molecule has 1 heterocycles. The number of hydrogen-bond donors (Lipinski definition) is 1. The van der Waals surface area contributed by atoms with Gasteiger partial charge in [0.1, 0.15) is 6.10 Å². The minimum atomic E-state index is -0.397. The van der Waals surface area contributed by atoms with E-state index in [-0.39, 0.29) is 17.4 Å². The highest BCUT2D eigenvalue weighted by Crippen LogP contribution is 2.46. The molecule has 6 heteroatoms. The van der Waals surface area contributed by atoms with Gasteiger partial charge in [0.15, 0.2) is 0 Å². The summed E-state index contributed by atoms with van der Waals surface area (Å²) in [6, 6.07) is 5.14. The Morgan fingerprint density at radius 2 is 2.19 bits per heavy atom. The zero-order valence-corrected chi connectivity index (χ0v) is 12.7. The average Bonchev–Trinajstić information content (AvgIpc) is 3.07. The SMILES string of the molecule is CC1CN(c2ccc(NC(=O)C3(C)CC3)cc2Cl)C(=O)O1. The maximum absolute atomic E-state index is 12.0. The van der Waals surface area contributed by atoms with Crippen molar-refractivity contribution in [3.05, 3.63) is 23.2 Å². The van der Waals surface area contributed by atoms with Gasteiger partial charge in [0.05, 0.1) is 17.3 Å². The number of nitrogens with zero attached hydrogens (tertiary/aromatic N) is 1. The third-order valence-electron chi connectivity index (χ3n) is 4.01. The Labute approximate surface area is 128 Å². The van der Waals surface area contributed by atoms with Crippen LogP contribution in [-0.4, -0.2) is 24.6 Å². The van der Waals surface area contributed by atoms with E-state index in [0.29, 0.717) is 22.9 Å². The first-order valence-electron chi connectivity index (χ1n) is 6.98. The van der Waals surface area contributed by atoms with Crippen LogP contribution in [-0.2, 0) is 9.53 Å². The van der Waals surface area contributed by atoms with Crippen molar-refractivity contribution < 1.29 is 14.3 Å². The van der Waals surface area contributed by atoms with Gasteiger partial charge < -0.3 is 10.1 Å². The molecule has 21 heavy (non-hydrogen) atoms. The van der Waals surface area contributed by atoms with E-state index in [9.17, 15) is 9.59 Å². The molecule has 1 aliphatic carbocycles. The monoisotopic (exact) mass is 308 g/mol. The molecule has 1 aliphatic heterocycles. The summed E-state index contributed by atoms with van der Waals surface area (Å²) in [4.78, 5) is 25.2. The van der Waals surface area contributed by atoms with Crippen LogP contribution in [0.1, 0.15) is 26.7 Å². The summed E-state index contributed by atoms with van der Waals surface area (Å²) in [6.07, 6.45) is 1.29. The van der Waals surface area contributed by atoms with Gasteiger partial charge in [0.2, 0.25) is 5.91 Å². The maximum Gasteiger partial charge on any atom is 0.414 e. The summed E-state index contributed by atoms with van der Waals surface area (Å²) in [7, 11) is 0. The first-order valence-corrected chi connectivity index (χ1v) is 7.36. The molecule has 1 N–H and O–H groups in total. The molecule has 1 saturated carbocycles. The predicted octanol–water partition coefficient (Wildman–Crippen LogP) is 3.42. The summed E-state index contributed by atoms with van der Waals surface area (Å²) in [6.45, 7) is 4.25. The van der Waals surface area contributed by atoms with Gasteiger partial charge in [0, 0.05) is 11.1 Å².